The van der Waals surface area contributed by atoms with Gasteiger partial charge in [-0.05, 0) is 89.4 Å². The van der Waals surface area contributed by atoms with Crippen molar-refractivity contribution in [3.63, 3.8) is 0 Å². The van der Waals surface area contributed by atoms with Gasteiger partial charge in [0.05, 0.1) is 0 Å². The van der Waals surface area contributed by atoms with Crippen LogP contribution in [-0.2, 0) is 0 Å². The van der Waals surface area contributed by atoms with Crippen LogP contribution in [0.3, 0.4) is 0 Å². The molecule has 0 bridgehead atoms. The smallest absolute Gasteiger partial charge is 0.0104 e. The standard InChI is InChI=1S/C16H30N2/c1-18-11-3-2-4-15(18)9-10-17-12-16(13-5-6-13)14-7-8-14/h13-17H,2-12H2,1H3. The highest BCUT2D eigenvalue weighted by molar-refractivity contribution is 4.92. The van der Waals surface area contributed by atoms with Crippen molar-refractivity contribution in [3.05, 3.63) is 0 Å². The van der Waals surface area contributed by atoms with Gasteiger partial charge in [0.25, 0.3) is 0 Å². The van der Waals surface area contributed by atoms with Gasteiger partial charge >= 0.3 is 0 Å². The monoisotopic (exact) mass is 250 g/mol. The average Bonchev–Trinajstić information content (AvgIpc) is 3.25. The fourth-order valence-corrected chi connectivity index (χ4v) is 3.81. The molecule has 2 heteroatoms. The molecule has 2 aliphatic carbocycles. The Morgan fingerprint density at radius 1 is 1.06 bits per heavy atom. The van der Waals surface area contributed by atoms with E-state index in [1.807, 2.05) is 0 Å². The van der Waals surface area contributed by atoms with E-state index in [9.17, 15) is 0 Å². The summed E-state index contributed by atoms with van der Waals surface area (Å²) in [5.41, 5.74) is 0. The predicted molar refractivity (Wildman–Crippen MR) is 76.7 cm³/mol. The molecule has 0 spiro atoms. The molecule has 3 aliphatic rings. The summed E-state index contributed by atoms with van der Waals surface area (Å²) in [5, 5.41) is 3.77. The number of hydrogen-bond acceptors (Lipinski definition) is 2. The Morgan fingerprint density at radius 3 is 2.39 bits per heavy atom. The van der Waals surface area contributed by atoms with Gasteiger partial charge < -0.3 is 10.2 Å². The zero-order valence-electron chi connectivity index (χ0n) is 12.0. The molecule has 0 amide bonds. The van der Waals surface area contributed by atoms with Crippen molar-refractivity contribution in [2.75, 3.05) is 26.7 Å². The summed E-state index contributed by atoms with van der Waals surface area (Å²) in [7, 11) is 2.31. The molecule has 1 saturated heterocycles. The molecule has 0 aromatic rings. The van der Waals surface area contributed by atoms with Gasteiger partial charge in [0, 0.05) is 6.04 Å². The van der Waals surface area contributed by atoms with Crippen LogP contribution in [0, 0.1) is 17.8 Å². The maximum atomic E-state index is 3.77. The second kappa shape index (κ2) is 5.92. The van der Waals surface area contributed by atoms with Crippen LogP contribution in [-0.4, -0.2) is 37.6 Å². The van der Waals surface area contributed by atoms with E-state index in [4.69, 9.17) is 0 Å². The highest BCUT2D eigenvalue weighted by Gasteiger charge is 2.40. The molecule has 0 aromatic heterocycles. The lowest BCUT2D eigenvalue weighted by Crippen LogP contribution is -2.38. The summed E-state index contributed by atoms with van der Waals surface area (Å²) in [5.74, 6) is 3.23. The second-order valence-electron chi connectivity index (χ2n) is 6.96. The van der Waals surface area contributed by atoms with E-state index in [2.05, 4.69) is 17.3 Å². The summed E-state index contributed by atoms with van der Waals surface area (Å²) in [4.78, 5) is 2.57. The summed E-state index contributed by atoms with van der Waals surface area (Å²) < 4.78 is 0. The van der Waals surface area contributed by atoms with Crippen molar-refractivity contribution in [3.8, 4) is 0 Å². The fourth-order valence-electron chi connectivity index (χ4n) is 3.81. The Labute approximate surface area is 113 Å². The predicted octanol–water partition coefficient (Wildman–Crippen LogP) is 2.89. The molecular formula is C16H30N2. The van der Waals surface area contributed by atoms with Crippen molar-refractivity contribution in [2.24, 2.45) is 17.8 Å². The third-order valence-corrected chi connectivity index (χ3v) is 5.41. The number of piperidine rings is 1. The minimum absolute atomic E-state index is 0.853. The van der Waals surface area contributed by atoms with Gasteiger partial charge in [-0.2, -0.15) is 0 Å². The Balaban J connectivity index is 1.31. The first-order valence-corrected chi connectivity index (χ1v) is 8.25. The molecule has 2 nitrogen and oxygen atoms in total. The van der Waals surface area contributed by atoms with Gasteiger partial charge in [-0.15, -0.1) is 0 Å². The Kier molecular flexibility index (Phi) is 4.25. The van der Waals surface area contributed by atoms with Crippen LogP contribution < -0.4 is 5.32 Å². The van der Waals surface area contributed by atoms with Gasteiger partial charge in [0.1, 0.15) is 0 Å². The zero-order valence-corrected chi connectivity index (χ0v) is 12.0. The van der Waals surface area contributed by atoms with E-state index in [-0.39, 0.29) is 0 Å². The largest absolute Gasteiger partial charge is 0.316 e. The summed E-state index contributed by atoms with van der Waals surface area (Å²) in [6, 6.07) is 0.853. The SMILES string of the molecule is CN1CCCCC1CCNCC(C1CC1)C1CC1. The lowest BCUT2D eigenvalue weighted by atomic mass is 9.97. The van der Waals surface area contributed by atoms with Gasteiger partial charge in [-0.3, -0.25) is 0 Å². The molecule has 1 unspecified atom stereocenters. The highest BCUT2D eigenvalue weighted by Crippen LogP contribution is 2.48. The molecule has 18 heavy (non-hydrogen) atoms. The van der Waals surface area contributed by atoms with E-state index in [0.29, 0.717) is 0 Å². The molecule has 3 rings (SSSR count). The van der Waals surface area contributed by atoms with E-state index in [0.717, 1.165) is 23.8 Å². The minimum atomic E-state index is 0.853. The third-order valence-electron chi connectivity index (χ3n) is 5.41. The Morgan fingerprint density at radius 2 is 1.78 bits per heavy atom. The minimum Gasteiger partial charge on any atom is -0.316 e. The number of nitrogens with one attached hydrogen (secondary N) is 1. The molecule has 0 radical (unpaired) electrons. The van der Waals surface area contributed by atoms with Crippen molar-refractivity contribution in [2.45, 2.75) is 57.4 Å². The Hall–Kier alpha value is -0.0800. The van der Waals surface area contributed by atoms with E-state index >= 15 is 0 Å². The molecular weight excluding hydrogens is 220 g/mol. The number of rotatable bonds is 7. The molecule has 1 N–H and O–H groups in total. The van der Waals surface area contributed by atoms with Crippen LogP contribution in [0.15, 0.2) is 0 Å². The number of hydrogen-bond donors (Lipinski definition) is 1. The van der Waals surface area contributed by atoms with E-state index in [1.165, 1.54) is 71.0 Å². The van der Waals surface area contributed by atoms with E-state index in [1.54, 1.807) is 0 Å². The first kappa shape index (κ1) is 12.9. The second-order valence-corrected chi connectivity index (χ2v) is 6.96. The molecule has 1 atom stereocenters. The number of nitrogens with zero attached hydrogens (tertiary/aromatic N) is 1. The van der Waals surface area contributed by atoms with Crippen LogP contribution in [0.4, 0.5) is 0 Å². The molecule has 2 saturated carbocycles. The van der Waals surface area contributed by atoms with Crippen molar-refractivity contribution >= 4 is 0 Å². The van der Waals surface area contributed by atoms with Gasteiger partial charge in [0.15, 0.2) is 0 Å². The van der Waals surface area contributed by atoms with Gasteiger partial charge in [0.2, 0.25) is 0 Å². The van der Waals surface area contributed by atoms with E-state index < -0.39 is 0 Å². The van der Waals surface area contributed by atoms with Gasteiger partial charge in [-0.25, -0.2) is 0 Å². The lowest BCUT2D eigenvalue weighted by molar-refractivity contribution is 0.174. The van der Waals surface area contributed by atoms with Crippen molar-refractivity contribution in [1.29, 1.82) is 0 Å². The van der Waals surface area contributed by atoms with Crippen LogP contribution in [0.25, 0.3) is 0 Å². The van der Waals surface area contributed by atoms with Crippen LogP contribution >= 0.6 is 0 Å². The maximum absolute atomic E-state index is 3.77. The van der Waals surface area contributed by atoms with Crippen LogP contribution in [0.2, 0.25) is 0 Å². The number of likely N-dealkylation sites (tertiary alicyclic amines) is 1. The normalized spacial score (nSPS) is 30.0. The maximum Gasteiger partial charge on any atom is 0.0104 e. The molecule has 0 aromatic carbocycles. The highest BCUT2D eigenvalue weighted by atomic mass is 15.1. The summed E-state index contributed by atoms with van der Waals surface area (Å²) in [6.45, 7) is 3.87. The molecule has 1 heterocycles. The van der Waals surface area contributed by atoms with Crippen LogP contribution in [0.1, 0.15) is 51.4 Å². The first-order chi connectivity index (χ1) is 8.84. The van der Waals surface area contributed by atoms with Gasteiger partial charge in [-0.1, -0.05) is 6.42 Å². The lowest BCUT2D eigenvalue weighted by Gasteiger charge is -2.32. The first-order valence-electron chi connectivity index (χ1n) is 8.25. The summed E-state index contributed by atoms with van der Waals surface area (Å²) >= 11 is 0. The average molecular weight is 250 g/mol. The quantitative estimate of drug-likeness (QED) is 0.699. The molecule has 104 valence electrons. The topological polar surface area (TPSA) is 15.3 Å². The van der Waals surface area contributed by atoms with Crippen LogP contribution in [0.5, 0.6) is 0 Å². The zero-order chi connectivity index (χ0) is 12.4. The third kappa shape index (κ3) is 3.48. The van der Waals surface area contributed by atoms with Crippen molar-refractivity contribution in [1.82, 2.24) is 10.2 Å². The molecule has 3 fully saturated rings. The molecule has 1 aliphatic heterocycles. The summed E-state index contributed by atoms with van der Waals surface area (Å²) in [6.07, 6.45) is 11.7. The fraction of sp³-hybridized carbons (Fsp3) is 1.00. The van der Waals surface area contributed by atoms with Crippen molar-refractivity contribution < 1.29 is 0 Å². The Bertz CT molecular complexity index is 246.